The van der Waals surface area contributed by atoms with Crippen LogP contribution in [0.1, 0.15) is 33.1 Å². The smallest absolute Gasteiger partial charge is 0.0561 e. The summed E-state index contributed by atoms with van der Waals surface area (Å²) in [5.41, 5.74) is 6.38. The van der Waals surface area contributed by atoms with Gasteiger partial charge in [-0.3, -0.25) is 4.21 Å². The van der Waals surface area contributed by atoms with Gasteiger partial charge in [0.05, 0.1) is 10.8 Å². The fraction of sp³-hybridized carbons (Fsp3) is 0.571. The van der Waals surface area contributed by atoms with Crippen LogP contribution in [0.2, 0.25) is 0 Å². The van der Waals surface area contributed by atoms with Gasteiger partial charge < -0.3 is 5.73 Å². The van der Waals surface area contributed by atoms with Crippen molar-refractivity contribution in [1.29, 1.82) is 0 Å². The molecule has 0 saturated heterocycles. The Kier molecular flexibility index (Phi) is 3.87. The summed E-state index contributed by atoms with van der Waals surface area (Å²) < 4.78 is 12.5. The van der Waals surface area contributed by atoms with E-state index in [4.69, 9.17) is 5.73 Å². The highest BCUT2D eigenvalue weighted by Gasteiger charge is 2.28. The molecule has 0 amide bonds. The molecule has 3 heteroatoms. The van der Waals surface area contributed by atoms with Gasteiger partial charge in [0.1, 0.15) is 0 Å². The molecule has 1 aliphatic carbocycles. The highest BCUT2D eigenvalue weighted by Crippen LogP contribution is 2.33. The number of hydrogen-bond acceptors (Lipinski definition) is 2. The Morgan fingerprint density at radius 2 is 1.59 bits per heavy atom. The second-order valence-electron chi connectivity index (χ2n) is 5.41. The Morgan fingerprint density at radius 1 is 1.06 bits per heavy atom. The fourth-order valence-electron chi connectivity index (χ4n) is 2.84. The Bertz CT molecular complexity index is 391. The molecule has 1 fully saturated rings. The molecule has 2 N–H and O–H groups in total. The average Bonchev–Trinajstić information content (AvgIpc) is 2.28. The Labute approximate surface area is 106 Å². The highest BCUT2D eigenvalue weighted by molar-refractivity contribution is 7.85. The molecule has 2 rings (SSSR count). The Balaban J connectivity index is 2.11. The molecule has 0 bridgehead atoms. The largest absolute Gasteiger partial charge is 0.399 e. The lowest BCUT2D eigenvalue weighted by Crippen LogP contribution is -2.27. The van der Waals surface area contributed by atoms with Crippen molar-refractivity contribution in [2.75, 3.05) is 5.73 Å². The van der Waals surface area contributed by atoms with E-state index in [0.29, 0.717) is 17.1 Å². The molecule has 3 atom stereocenters. The normalized spacial score (nSPS) is 31.1. The fourth-order valence-corrected chi connectivity index (χ4v) is 4.64. The van der Waals surface area contributed by atoms with Crippen LogP contribution >= 0.6 is 0 Å². The molecular formula is C14H21NOS. The maximum Gasteiger partial charge on any atom is 0.0561 e. The third kappa shape index (κ3) is 3.09. The van der Waals surface area contributed by atoms with Gasteiger partial charge in [0.25, 0.3) is 0 Å². The number of nitrogens with two attached hydrogens (primary N) is 1. The van der Waals surface area contributed by atoms with E-state index in [1.165, 1.54) is 6.42 Å². The zero-order valence-corrected chi connectivity index (χ0v) is 11.4. The second-order valence-corrected chi connectivity index (χ2v) is 7.14. The molecule has 0 heterocycles. The maximum absolute atomic E-state index is 12.5. The summed E-state index contributed by atoms with van der Waals surface area (Å²) >= 11 is 0. The molecule has 3 unspecified atom stereocenters. The van der Waals surface area contributed by atoms with Gasteiger partial charge in [-0.05, 0) is 55.4 Å². The van der Waals surface area contributed by atoms with Crippen molar-refractivity contribution in [2.24, 2.45) is 11.8 Å². The summed E-state index contributed by atoms with van der Waals surface area (Å²) in [4.78, 5) is 0.922. The summed E-state index contributed by atoms with van der Waals surface area (Å²) in [6.07, 6.45) is 3.44. The zero-order chi connectivity index (χ0) is 12.4. The van der Waals surface area contributed by atoms with Gasteiger partial charge in [-0.15, -0.1) is 0 Å². The number of hydrogen-bond donors (Lipinski definition) is 1. The van der Waals surface area contributed by atoms with E-state index in [2.05, 4.69) is 13.8 Å². The third-order valence-electron chi connectivity index (χ3n) is 3.55. The van der Waals surface area contributed by atoms with E-state index in [9.17, 15) is 4.21 Å². The maximum atomic E-state index is 12.5. The number of anilines is 1. The molecule has 1 aromatic rings. The Morgan fingerprint density at radius 3 is 2.12 bits per heavy atom. The SMILES string of the molecule is CC1CC(C)CC(S(=O)c2ccc(N)cc2)C1. The van der Waals surface area contributed by atoms with E-state index in [1.807, 2.05) is 24.3 Å². The lowest BCUT2D eigenvalue weighted by molar-refractivity contribution is 0.305. The van der Waals surface area contributed by atoms with E-state index in [1.54, 1.807) is 0 Å². The van der Waals surface area contributed by atoms with Crippen molar-refractivity contribution in [2.45, 2.75) is 43.3 Å². The molecule has 1 aromatic carbocycles. The quantitative estimate of drug-likeness (QED) is 0.820. The van der Waals surface area contributed by atoms with Gasteiger partial charge in [0.2, 0.25) is 0 Å². The monoisotopic (exact) mass is 251 g/mol. The van der Waals surface area contributed by atoms with Crippen LogP contribution in [0.25, 0.3) is 0 Å². The zero-order valence-electron chi connectivity index (χ0n) is 10.6. The van der Waals surface area contributed by atoms with Crippen LogP contribution < -0.4 is 5.73 Å². The molecule has 94 valence electrons. The summed E-state index contributed by atoms with van der Waals surface area (Å²) in [7, 11) is -0.875. The van der Waals surface area contributed by atoms with Crippen LogP contribution in [0.5, 0.6) is 0 Å². The summed E-state index contributed by atoms with van der Waals surface area (Å²) in [5.74, 6) is 1.39. The predicted octanol–water partition coefficient (Wildman–Crippen LogP) is 3.20. The van der Waals surface area contributed by atoms with E-state index in [-0.39, 0.29) is 0 Å². The second kappa shape index (κ2) is 5.21. The lowest BCUT2D eigenvalue weighted by Gasteiger charge is -2.30. The van der Waals surface area contributed by atoms with Crippen LogP contribution in [0, 0.1) is 11.8 Å². The molecule has 1 aliphatic rings. The first-order valence-electron chi connectivity index (χ1n) is 6.32. The minimum absolute atomic E-state index is 0.317. The van der Waals surface area contributed by atoms with Gasteiger partial charge >= 0.3 is 0 Å². The summed E-state index contributed by atoms with van der Waals surface area (Å²) in [6, 6.07) is 7.47. The van der Waals surface area contributed by atoms with Crippen LogP contribution in [0.15, 0.2) is 29.2 Å². The number of rotatable bonds is 2. The first-order valence-corrected chi connectivity index (χ1v) is 7.53. The minimum atomic E-state index is -0.875. The van der Waals surface area contributed by atoms with Crippen molar-refractivity contribution < 1.29 is 4.21 Å². The van der Waals surface area contributed by atoms with E-state index in [0.717, 1.165) is 23.4 Å². The molecule has 0 aliphatic heterocycles. The van der Waals surface area contributed by atoms with Gasteiger partial charge in [-0.25, -0.2) is 0 Å². The van der Waals surface area contributed by atoms with Crippen molar-refractivity contribution >= 4 is 16.5 Å². The van der Waals surface area contributed by atoms with Crippen molar-refractivity contribution in [1.82, 2.24) is 0 Å². The van der Waals surface area contributed by atoms with Gasteiger partial charge in [-0.2, -0.15) is 0 Å². The van der Waals surface area contributed by atoms with Crippen LogP contribution in [0.4, 0.5) is 5.69 Å². The predicted molar refractivity (Wildman–Crippen MR) is 73.2 cm³/mol. The average molecular weight is 251 g/mol. The molecule has 0 aromatic heterocycles. The number of nitrogen functional groups attached to an aromatic ring is 1. The first kappa shape index (κ1) is 12.6. The van der Waals surface area contributed by atoms with Crippen molar-refractivity contribution in [3.63, 3.8) is 0 Å². The van der Waals surface area contributed by atoms with Gasteiger partial charge in [-0.1, -0.05) is 13.8 Å². The van der Waals surface area contributed by atoms with Crippen LogP contribution in [0.3, 0.4) is 0 Å². The van der Waals surface area contributed by atoms with Crippen LogP contribution in [-0.2, 0) is 10.8 Å². The Hall–Kier alpha value is -0.830. The van der Waals surface area contributed by atoms with Crippen LogP contribution in [-0.4, -0.2) is 9.46 Å². The number of benzene rings is 1. The van der Waals surface area contributed by atoms with Crippen molar-refractivity contribution in [3.8, 4) is 0 Å². The topological polar surface area (TPSA) is 43.1 Å². The lowest BCUT2D eigenvalue weighted by atomic mass is 9.83. The van der Waals surface area contributed by atoms with Gasteiger partial charge in [0, 0.05) is 15.8 Å². The summed E-state index contributed by atoms with van der Waals surface area (Å²) in [6.45, 7) is 4.53. The standard InChI is InChI=1S/C14H21NOS/c1-10-7-11(2)9-14(8-10)17(16)13-5-3-12(15)4-6-13/h3-6,10-11,14H,7-9,15H2,1-2H3. The van der Waals surface area contributed by atoms with E-state index >= 15 is 0 Å². The van der Waals surface area contributed by atoms with Crippen molar-refractivity contribution in [3.05, 3.63) is 24.3 Å². The minimum Gasteiger partial charge on any atom is -0.399 e. The third-order valence-corrected chi connectivity index (χ3v) is 5.28. The molecular weight excluding hydrogens is 230 g/mol. The summed E-state index contributed by atoms with van der Waals surface area (Å²) in [5, 5.41) is 0.317. The molecule has 17 heavy (non-hydrogen) atoms. The molecule has 1 saturated carbocycles. The molecule has 0 spiro atoms. The molecule has 2 nitrogen and oxygen atoms in total. The van der Waals surface area contributed by atoms with E-state index < -0.39 is 10.8 Å². The molecule has 0 radical (unpaired) electrons. The van der Waals surface area contributed by atoms with Gasteiger partial charge in [0.15, 0.2) is 0 Å². The highest BCUT2D eigenvalue weighted by atomic mass is 32.2. The first-order chi connectivity index (χ1) is 8.06.